The number of nitriles is 1. The van der Waals surface area contributed by atoms with Crippen LogP contribution in [0.3, 0.4) is 0 Å². The molecule has 23 heteroatoms. The molecule has 0 bridgehead atoms. The minimum absolute atomic E-state index is 0. The van der Waals surface area contributed by atoms with Gasteiger partial charge in [0, 0.05) is 75.1 Å². The summed E-state index contributed by atoms with van der Waals surface area (Å²) >= 11 is 0. The van der Waals surface area contributed by atoms with Crippen molar-refractivity contribution >= 4 is 56.2 Å². The van der Waals surface area contributed by atoms with E-state index in [0.717, 1.165) is 23.3 Å². The monoisotopic (exact) mass is 1320 g/mol. The first-order chi connectivity index (χ1) is 46.8. The summed E-state index contributed by atoms with van der Waals surface area (Å²) in [5, 5.41) is 20.4. The van der Waals surface area contributed by atoms with Crippen molar-refractivity contribution in [2.45, 2.75) is 32.6 Å². The molecule has 12 rings (SSSR count). The lowest BCUT2D eigenvalue weighted by molar-refractivity contribution is 0.101. The lowest BCUT2D eigenvalue weighted by Crippen LogP contribution is -2.16. The number of para-hydroxylation sites is 4. The van der Waals surface area contributed by atoms with Gasteiger partial charge in [0.05, 0.1) is 87.9 Å². The Hall–Kier alpha value is -12.9. The van der Waals surface area contributed by atoms with E-state index in [1.165, 1.54) is 36.7 Å². The molecule has 0 atom stereocenters. The average Bonchev–Trinajstić information content (AvgIpc) is 0.839. The number of rotatable bonds is 14. The van der Waals surface area contributed by atoms with Gasteiger partial charge in [0.1, 0.15) is 40.4 Å². The molecule has 0 saturated carbocycles. The van der Waals surface area contributed by atoms with Gasteiger partial charge < -0.3 is 26.0 Å². The van der Waals surface area contributed by atoms with Gasteiger partial charge in [-0.15, -0.1) is 0 Å². The molecule has 4 amide bonds. The quantitative estimate of drug-likeness (QED) is 0.0786. The Bertz CT molecular complexity index is 4960. The third-order valence-corrected chi connectivity index (χ3v) is 15.2. The molecule has 0 unspecified atom stereocenters. The molecule has 498 valence electrons. The summed E-state index contributed by atoms with van der Waals surface area (Å²) in [5.41, 5.74) is 11.0. The molecule has 0 aliphatic rings. The van der Waals surface area contributed by atoms with Crippen LogP contribution in [0.15, 0.2) is 242 Å². The van der Waals surface area contributed by atoms with Crippen LogP contribution >= 0.6 is 0 Å². The van der Waals surface area contributed by atoms with Crippen molar-refractivity contribution in [2.75, 3.05) is 34.6 Å². The van der Waals surface area contributed by atoms with Crippen LogP contribution in [0.5, 0.6) is 5.75 Å². The number of carbonyl (C=O) groups excluding carboxylic acids is 4. The van der Waals surface area contributed by atoms with E-state index < -0.39 is 9.84 Å². The predicted octanol–water partition coefficient (Wildman–Crippen LogP) is 15.6. The maximum absolute atomic E-state index is 13.0. The Kier molecular flexibility index (Phi) is 23.0. The van der Waals surface area contributed by atoms with Crippen molar-refractivity contribution in [3.05, 3.63) is 294 Å². The molecule has 0 fully saturated rings. The van der Waals surface area contributed by atoms with Gasteiger partial charge in [-0.3, -0.25) is 44.1 Å². The van der Waals surface area contributed by atoms with Gasteiger partial charge in [-0.25, -0.2) is 32.7 Å². The van der Waals surface area contributed by atoms with Crippen molar-refractivity contribution in [3.63, 3.8) is 0 Å². The van der Waals surface area contributed by atoms with Gasteiger partial charge in [0.2, 0.25) is 0 Å². The molecule has 0 aliphatic heterocycles. The van der Waals surface area contributed by atoms with Crippen LogP contribution < -0.4 is 26.0 Å². The molecule has 0 aliphatic carbocycles. The van der Waals surface area contributed by atoms with E-state index in [2.05, 4.69) is 72.2 Å². The zero-order chi connectivity index (χ0) is 68.8. The summed E-state index contributed by atoms with van der Waals surface area (Å²) < 4.78 is 41.7. The van der Waals surface area contributed by atoms with Crippen LogP contribution in [0.4, 0.5) is 27.1 Å². The van der Waals surface area contributed by atoms with Gasteiger partial charge in [-0.05, 0) is 143 Å². The fourth-order valence-corrected chi connectivity index (χ4v) is 9.69. The minimum atomic E-state index is -3.34. The van der Waals surface area contributed by atoms with Crippen LogP contribution in [0.25, 0.3) is 45.0 Å². The largest absolute Gasteiger partial charge is 0.497 e. The maximum Gasteiger partial charge on any atom is 0.276 e. The number of sulfone groups is 1. The number of aromatic nitrogens is 9. The minimum Gasteiger partial charge on any atom is -0.497 e. The first-order valence-electron chi connectivity index (χ1n) is 29.7. The van der Waals surface area contributed by atoms with Crippen LogP contribution in [0.1, 0.15) is 81.7 Å². The molecule has 0 spiro atoms. The van der Waals surface area contributed by atoms with E-state index in [4.69, 9.17) is 4.74 Å². The summed E-state index contributed by atoms with van der Waals surface area (Å²) in [6.07, 6.45) is 10.5. The number of hydrogen-bond acceptors (Lipinski definition) is 17. The van der Waals surface area contributed by atoms with Crippen molar-refractivity contribution < 1.29 is 48.1 Å². The maximum atomic E-state index is 13.0. The van der Waals surface area contributed by atoms with Crippen LogP contribution in [-0.2, 0) is 9.84 Å². The summed E-state index contributed by atoms with van der Waals surface area (Å²) in [7, 11) is -1.72. The summed E-state index contributed by atoms with van der Waals surface area (Å²) in [4.78, 5) is 88.7. The number of aryl methyl sites for hydroxylation is 4. The third kappa shape index (κ3) is 18.9. The molecular formula is C74H77FN14O7S. The van der Waals surface area contributed by atoms with E-state index in [-0.39, 0.29) is 62.8 Å². The number of carbonyl (C=O) groups is 4. The topological polar surface area (TPSA) is 300 Å². The zero-order valence-corrected chi connectivity index (χ0v) is 53.9. The molecule has 21 nitrogen and oxygen atoms in total. The highest BCUT2D eigenvalue weighted by atomic mass is 32.2. The van der Waals surface area contributed by atoms with Gasteiger partial charge in [-0.1, -0.05) is 84.9 Å². The highest BCUT2D eigenvalue weighted by molar-refractivity contribution is 7.90. The van der Waals surface area contributed by atoms with E-state index >= 15 is 0 Å². The van der Waals surface area contributed by atoms with E-state index in [1.54, 1.807) is 126 Å². The number of methoxy groups -OCH3 is 1. The second-order valence-corrected chi connectivity index (χ2v) is 23.1. The molecule has 4 N–H and O–H groups in total. The van der Waals surface area contributed by atoms with Crippen molar-refractivity contribution in [2.24, 2.45) is 0 Å². The number of hydrogen-bond donors (Lipinski definition) is 4. The number of anilines is 4. The highest BCUT2D eigenvalue weighted by Gasteiger charge is 2.20. The molecule has 5 aromatic heterocycles. The molecule has 5 heterocycles. The number of halogens is 1. The Morgan fingerprint density at radius 1 is 0.443 bits per heavy atom. The van der Waals surface area contributed by atoms with E-state index in [1.807, 2.05) is 109 Å². The van der Waals surface area contributed by atoms with Crippen LogP contribution in [0.2, 0.25) is 0 Å². The van der Waals surface area contributed by atoms with Crippen molar-refractivity contribution in [1.82, 2.24) is 44.9 Å². The highest BCUT2D eigenvalue weighted by Crippen LogP contribution is 2.26. The first-order valence-corrected chi connectivity index (χ1v) is 31.6. The molecular weight excluding hydrogens is 1250 g/mol. The smallest absolute Gasteiger partial charge is 0.276 e. The molecule has 12 aromatic rings. The zero-order valence-electron chi connectivity index (χ0n) is 53.1. The van der Waals surface area contributed by atoms with Crippen LogP contribution in [-0.4, -0.2) is 90.3 Å². The number of ether oxygens (including phenoxy) is 1. The third-order valence-electron chi connectivity index (χ3n) is 14.1. The normalized spacial score (nSPS) is 10.5. The summed E-state index contributed by atoms with van der Waals surface area (Å²) in [5.74, 6) is -0.883. The lowest BCUT2D eigenvalue weighted by atomic mass is 10.1. The van der Waals surface area contributed by atoms with Gasteiger partial charge >= 0.3 is 0 Å². The number of benzene rings is 7. The van der Waals surface area contributed by atoms with E-state index in [9.17, 15) is 37.2 Å². The second kappa shape index (κ2) is 32.6. The molecule has 0 radical (unpaired) electrons. The van der Waals surface area contributed by atoms with Gasteiger partial charge in [0.15, 0.2) is 9.84 Å². The van der Waals surface area contributed by atoms with Crippen molar-refractivity contribution in [3.8, 4) is 56.8 Å². The summed E-state index contributed by atoms with van der Waals surface area (Å²) in [6, 6.07) is 60.1. The average molecular weight is 1330 g/mol. The molecule has 97 heavy (non-hydrogen) atoms. The number of nitrogens with zero attached hydrogens (tertiary/aromatic N) is 10. The fourth-order valence-electron chi connectivity index (χ4n) is 9.03. The Morgan fingerprint density at radius 3 is 1.15 bits per heavy atom. The number of amides is 4. The standard InChI is InChI=1S/C19H17N3O3S.C19H17N3O2.C18H14FN3O.C18H13N5O.8H2/c1-13-18(19(23)21-15-8-4-3-5-9-15)22-17(12-20-13)14-7-6-10-16(11-14)26(2,24)25;1-13-18(19(23)21-15-6-4-3-5-7-15)22-17(12-20-13)14-8-10-16(24-2)11-9-14;1-12-17(18(23)21-15-5-3-2-4-6-15)22-16(11-20-12)13-7-9-14(19)10-8-13;1-12-17(18(24)22-14-5-3-2-4-6-14)23-16(11-21-12)15-7-8-20-10-13(15)9-19;;;;;;;;/h3-12H,1-2H3,(H,21,23);3-12H,1-2H3,(H,21,23);2-11H,1H3,(H,21,23);2-8,10-11H,1H3,(H,22,24);8*1H. The first kappa shape index (κ1) is 68.4. The van der Waals surface area contributed by atoms with E-state index in [0.29, 0.717) is 90.6 Å². The predicted molar refractivity (Wildman–Crippen MR) is 385 cm³/mol. The Morgan fingerprint density at radius 2 is 0.794 bits per heavy atom. The van der Waals surface area contributed by atoms with Crippen LogP contribution in [0, 0.1) is 44.8 Å². The second-order valence-electron chi connectivity index (χ2n) is 21.1. The Balaban J connectivity index is 0.000000683. The number of nitrogens with one attached hydrogen (secondary N) is 4. The fraction of sp³-hybridized carbons (Fsp3) is 0.0811. The molecule has 0 saturated heterocycles. The lowest BCUT2D eigenvalue weighted by Gasteiger charge is -2.09. The number of pyridine rings is 1. The van der Waals surface area contributed by atoms with Gasteiger partial charge in [0.25, 0.3) is 23.6 Å². The summed E-state index contributed by atoms with van der Waals surface area (Å²) in [6.45, 7) is 6.91. The molecule has 7 aromatic carbocycles. The van der Waals surface area contributed by atoms with Gasteiger partial charge in [-0.2, -0.15) is 5.26 Å². The van der Waals surface area contributed by atoms with Crippen molar-refractivity contribution in [1.29, 1.82) is 5.26 Å². The Labute approximate surface area is 570 Å². The SMILES string of the molecule is COc1ccc(-c2cnc(C)c(C(=O)Nc3ccccc3)n2)cc1.Cc1ncc(-c2ccc(F)cc2)nc1C(=O)Nc1ccccc1.Cc1ncc(-c2cccc(S(C)(=O)=O)c2)nc1C(=O)Nc1ccccc1.Cc1ncc(-c2ccncc2C#N)nc1C(=O)Nc1ccccc1.[HH].[HH].[HH].[HH].[HH].[HH].[HH].[HH].